The van der Waals surface area contributed by atoms with E-state index in [1.165, 1.54) is 6.07 Å². The number of aromatic hydroxyl groups is 1. The Balaban J connectivity index is 2.90. The summed E-state index contributed by atoms with van der Waals surface area (Å²) < 4.78 is 0. The van der Waals surface area contributed by atoms with Crippen molar-refractivity contribution in [1.82, 2.24) is 0 Å². The Morgan fingerprint density at radius 3 is 2.75 bits per heavy atom. The van der Waals surface area contributed by atoms with Gasteiger partial charge in [0.05, 0.1) is 6.10 Å². The van der Waals surface area contributed by atoms with E-state index in [4.69, 9.17) is 21.8 Å². The standard InChI is InChI=1S/C9H11ClO2/c1-6(11)4-7-5-8(12)2-3-9(7)10/h2-3,5-6,11-12H,4H2,1H3. The number of hydrogen-bond donors (Lipinski definition) is 2. The molecule has 0 heterocycles. The summed E-state index contributed by atoms with van der Waals surface area (Å²) in [5.41, 5.74) is 0.770. The SMILES string of the molecule is CC(O)Cc1cc(O)ccc1Cl. The molecule has 0 bridgehead atoms. The van der Waals surface area contributed by atoms with Crippen molar-refractivity contribution in [2.75, 3.05) is 0 Å². The van der Waals surface area contributed by atoms with Crippen LogP contribution in [0.1, 0.15) is 12.5 Å². The fraction of sp³-hybridized carbons (Fsp3) is 0.333. The quantitative estimate of drug-likeness (QED) is 0.742. The first-order valence-corrected chi connectivity index (χ1v) is 4.13. The van der Waals surface area contributed by atoms with Gasteiger partial charge < -0.3 is 10.2 Å². The van der Waals surface area contributed by atoms with Crippen LogP contribution < -0.4 is 0 Å². The van der Waals surface area contributed by atoms with E-state index < -0.39 is 6.10 Å². The summed E-state index contributed by atoms with van der Waals surface area (Å²) in [6.07, 6.45) is 0.0250. The Kier molecular flexibility index (Phi) is 2.95. The van der Waals surface area contributed by atoms with Crippen molar-refractivity contribution >= 4 is 11.6 Å². The number of hydrogen-bond acceptors (Lipinski definition) is 2. The minimum Gasteiger partial charge on any atom is -0.508 e. The summed E-state index contributed by atoms with van der Waals surface area (Å²) >= 11 is 5.82. The van der Waals surface area contributed by atoms with Gasteiger partial charge in [0.2, 0.25) is 0 Å². The Hall–Kier alpha value is -0.730. The fourth-order valence-corrected chi connectivity index (χ4v) is 1.23. The van der Waals surface area contributed by atoms with Gasteiger partial charge in [0.15, 0.2) is 0 Å². The zero-order valence-corrected chi connectivity index (χ0v) is 7.54. The van der Waals surface area contributed by atoms with Gasteiger partial charge in [0.1, 0.15) is 5.75 Å². The molecule has 3 heteroatoms. The molecule has 0 spiro atoms. The van der Waals surface area contributed by atoms with Gasteiger partial charge in [-0.25, -0.2) is 0 Å². The lowest BCUT2D eigenvalue weighted by Crippen LogP contribution is -2.04. The van der Waals surface area contributed by atoms with E-state index >= 15 is 0 Å². The molecule has 2 nitrogen and oxygen atoms in total. The smallest absolute Gasteiger partial charge is 0.115 e. The number of aliphatic hydroxyl groups excluding tert-OH is 1. The predicted molar refractivity (Wildman–Crippen MR) is 48.5 cm³/mol. The van der Waals surface area contributed by atoms with Crippen molar-refractivity contribution in [3.8, 4) is 5.75 Å². The first-order valence-electron chi connectivity index (χ1n) is 3.75. The molecule has 1 atom stereocenters. The zero-order valence-electron chi connectivity index (χ0n) is 6.79. The second-order valence-electron chi connectivity index (χ2n) is 2.83. The van der Waals surface area contributed by atoms with Crippen molar-refractivity contribution in [2.24, 2.45) is 0 Å². The minimum atomic E-state index is -0.440. The average molecular weight is 187 g/mol. The molecular weight excluding hydrogens is 176 g/mol. The molecule has 66 valence electrons. The van der Waals surface area contributed by atoms with Crippen LogP contribution in [0.25, 0.3) is 0 Å². The molecule has 1 rings (SSSR count). The van der Waals surface area contributed by atoms with Crippen molar-refractivity contribution in [1.29, 1.82) is 0 Å². The molecule has 12 heavy (non-hydrogen) atoms. The van der Waals surface area contributed by atoms with Crippen molar-refractivity contribution < 1.29 is 10.2 Å². The maximum Gasteiger partial charge on any atom is 0.115 e. The number of rotatable bonds is 2. The van der Waals surface area contributed by atoms with Crippen molar-refractivity contribution in [2.45, 2.75) is 19.4 Å². The highest BCUT2D eigenvalue weighted by Gasteiger charge is 2.04. The van der Waals surface area contributed by atoms with E-state index in [0.29, 0.717) is 11.4 Å². The lowest BCUT2D eigenvalue weighted by molar-refractivity contribution is 0.195. The Labute approximate surface area is 76.4 Å². The molecule has 1 unspecified atom stereocenters. The highest BCUT2D eigenvalue weighted by atomic mass is 35.5. The summed E-state index contributed by atoms with van der Waals surface area (Å²) in [5.74, 6) is 0.176. The van der Waals surface area contributed by atoms with Crippen LogP contribution in [0.15, 0.2) is 18.2 Å². The van der Waals surface area contributed by atoms with E-state index in [-0.39, 0.29) is 5.75 Å². The molecule has 0 saturated heterocycles. The van der Waals surface area contributed by atoms with Crippen LogP contribution in [-0.4, -0.2) is 16.3 Å². The minimum absolute atomic E-state index is 0.176. The molecule has 0 amide bonds. The van der Waals surface area contributed by atoms with Gasteiger partial charge >= 0.3 is 0 Å². The summed E-state index contributed by atoms with van der Waals surface area (Å²) in [7, 11) is 0. The Morgan fingerprint density at radius 1 is 1.50 bits per heavy atom. The largest absolute Gasteiger partial charge is 0.508 e. The topological polar surface area (TPSA) is 40.5 Å². The summed E-state index contributed by atoms with van der Waals surface area (Å²) in [6, 6.07) is 4.71. The number of aliphatic hydroxyl groups is 1. The predicted octanol–water partition coefficient (Wildman–Crippen LogP) is 1.97. The Bertz CT molecular complexity index is 271. The molecule has 0 aliphatic rings. The van der Waals surface area contributed by atoms with Gasteiger partial charge in [-0.3, -0.25) is 0 Å². The van der Waals surface area contributed by atoms with E-state index in [1.54, 1.807) is 19.1 Å². The van der Waals surface area contributed by atoms with Crippen molar-refractivity contribution in [3.63, 3.8) is 0 Å². The zero-order chi connectivity index (χ0) is 9.14. The van der Waals surface area contributed by atoms with Gasteiger partial charge in [-0.05, 0) is 37.1 Å². The van der Waals surface area contributed by atoms with Crippen LogP contribution in [0.5, 0.6) is 5.75 Å². The number of phenols is 1. The maximum atomic E-state index is 9.11. The Morgan fingerprint density at radius 2 is 2.17 bits per heavy atom. The third-order valence-electron chi connectivity index (χ3n) is 1.54. The summed E-state index contributed by atoms with van der Waals surface area (Å²) in [6.45, 7) is 1.68. The van der Waals surface area contributed by atoms with Gasteiger partial charge in [-0.1, -0.05) is 11.6 Å². The van der Waals surface area contributed by atoms with Gasteiger partial charge in [-0.15, -0.1) is 0 Å². The second-order valence-corrected chi connectivity index (χ2v) is 3.24. The molecule has 0 saturated carbocycles. The third kappa shape index (κ3) is 2.40. The molecule has 0 radical (unpaired) electrons. The maximum absolute atomic E-state index is 9.11. The molecule has 0 aliphatic carbocycles. The summed E-state index contributed by atoms with van der Waals surface area (Å²) in [5, 5.41) is 18.8. The van der Waals surface area contributed by atoms with Crippen LogP contribution in [0.4, 0.5) is 0 Å². The molecule has 0 aliphatic heterocycles. The monoisotopic (exact) mass is 186 g/mol. The van der Waals surface area contributed by atoms with Crippen molar-refractivity contribution in [3.05, 3.63) is 28.8 Å². The van der Waals surface area contributed by atoms with Gasteiger partial charge in [0.25, 0.3) is 0 Å². The molecule has 2 N–H and O–H groups in total. The van der Waals surface area contributed by atoms with E-state index in [0.717, 1.165) is 5.56 Å². The van der Waals surface area contributed by atoms with E-state index in [9.17, 15) is 0 Å². The van der Waals surface area contributed by atoms with E-state index in [1.807, 2.05) is 0 Å². The second kappa shape index (κ2) is 3.78. The summed E-state index contributed by atoms with van der Waals surface area (Å²) in [4.78, 5) is 0. The first-order chi connectivity index (χ1) is 5.59. The third-order valence-corrected chi connectivity index (χ3v) is 1.91. The average Bonchev–Trinajstić information content (AvgIpc) is 1.96. The normalized spacial score (nSPS) is 12.9. The fourth-order valence-electron chi connectivity index (χ4n) is 1.04. The molecule has 1 aromatic rings. The van der Waals surface area contributed by atoms with Crippen LogP contribution in [-0.2, 0) is 6.42 Å². The lowest BCUT2D eigenvalue weighted by Gasteiger charge is -2.06. The van der Waals surface area contributed by atoms with Crippen LogP contribution >= 0.6 is 11.6 Å². The molecular formula is C9H11ClO2. The van der Waals surface area contributed by atoms with Crippen LogP contribution in [0.3, 0.4) is 0 Å². The number of phenolic OH excluding ortho intramolecular Hbond substituents is 1. The highest BCUT2D eigenvalue weighted by Crippen LogP contribution is 2.22. The number of benzene rings is 1. The first kappa shape index (κ1) is 9.36. The van der Waals surface area contributed by atoms with E-state index in [2.05, 4.69) is 0 Å². The van der Waals surface area contributed by atoms with Crippen LogP contribution in [0.2, 0.25) is 5.02 Å². The van der Waals surface area contributed by atoms with Gasteiger partial charge in [-0.2, -0.15) is 0 Å². The molecule has 0 fully saturated rings. The lowest BCUT2D eigenvalue weighted by atomic mass is 10.1. The van der Waals surface area contributed by atoms with Crippen LogP contribution in [0, 0.1) is 0 Å². The number of halogens is 1. The highest BCUT2D eigenvalue weighted by molar-refractivity contribution is 6.31. The molecule has 1 aromatic carbocycles. The van der Waals surface area contributed by atoms with Gasteiger partial charge in [0, 0.05) is 5.02 Å². The molecule has 0 aromatic heterocycles.